The summed E-state index contributed by atoms with van der Waals surface area (Å²) < 4.78 is 0.423. The maximum Gasteiger partial charge on any atom is 0.283 e. The number of hydrogen-bond donors (Lipinski definition) is 2. The van der Waals surface area contributed by atoms with Crippen LogP contribution in [-0.2, 0) is 6.54 Å². The summed E-state index contributed by atoms with van der Waals surface area (Å²) in [6, 6.07) is 7.90. The fourth-order valence-electron chi connectivity index (χ4n) is 1.68. The quantitative estimate of drug-likeness (QED) is 0.437. The van der Waals surface area contributed by atoms with Crippen molar-refractivity contribution in [3.05, 3.63) is 60.5 Å². The average Bonchev–Trinajstić information content (AvgIpc) is 2.43. The van der Waals surface area contributed by atoms with Gasteiger partial charge < -0.3 is 10.4 Å². The molecule has 0 aromatic heterocycles. The van der Waals surface area contributed by atoms with Crippen LogP contribution in [0, 0.1) is 10.1 Å². The summed E-state index contributed by atoms with van der Waals surface area (Å²) in [6.07, 6.45) is 0. The Kier molecular flexibility index (Phi) is 4.92. The van der Waals surface area contributed by atoms with Crippen LogP contribution in [0.15, 0.2) is 34.8 Å². The van der Waals surface area contributed by atoms with Crippen molar-refractivity contribution in [2.75, 3.05) is 5.32 Å². The summed E-state index contributed by atoms with van der Waals surface area (Å²) in [5.74, 6) is -0.178. The third-order valence-electron chi connectivity index (χ3n) is 2.72. The van der Waals surface area contributed by atoms with E-state index in [0.717, 1.165) is 5.56 Å². The molecule has 0 amide bonds. The van der Waals surface area contributed by atoms with Crippen molar-refractivity contribution >= 4 is 50.5 Å². The predicted octanol–water partition coefficient (Wildman–Crippen LogP) is 4.98. The molecule has 0 spiro atoms. The molecule has 0 bridgehead atoms. The van der Waals surface area contributed by atoms with Gasteiger partial charge in [0, 0.05) is 18.3 Å². The van der Waals surface area contributed by atoms with Crippen LogP contribution in [0.1, 0.15) is 5.56 Å². The van der Waals surface area contributed by atoms with E-state index < -0.39 is 4.92 Å². The Bertz CT molecular complexity index is 687. The Balaban J connectivity index is 2.17. The van der Waals surface area contributed by atoms with Crippen LogP contribution in [0.2, 0.25) is 10.0 Å². The molecule has 0 radical (unpaired) electrons. The zero-order valence-corrected chi connectivity index (χ0v) is 13.5. The fraction of sp³-hybridized carbons (Fsp3) is 0.0769. The number of halogens is 3. The molecule has 5 nitrogen and oxygen atoms in total. The first kappa shape index (κ1) is 15.9. The number of phenolic OH excluding ortho intramolecular Hbond substituents is 1. The molecular weight excluding hydrogens is 383 g/mol. The molecule has 2 aromatic carbocycles. The largest absolute Gasteiger partial charge is 0.505 e. The lowest BCUT2D eigenvalue weighted by atomic mass is 10.2. The van der Waals surface area contributed by atoms with Crippen molar-refractivity contribution in [1.82, 2.24) is 0 Å². The highest BCUT2D eigenvalue weighted by molar-refractivity contribution is 9.10. The average molecular weight is 392 g/mol. The van der Waals surface area contributed by atoms with Crippen LogP contribution in [0.5, 0.6) is 5.75 Å². The van der Waals surface area contributed by atoms with E-state index in [0.29, 0.717) is 16.7 Å². The number of hydrogen-bond acceptors (Lipinski definition) is 4. The van der Waals surface area contributed by atoms with Gasteiger partial charge in [0.15, 0.2) is 5.75 Å². The topological polar surface area (TPSA) is 75.4 Å². The second-order valence-electron chi connectivity index (χ2n) is 4.18. The highest BCUT2D eigenvalue weighted by Gasteiger charge is 2.12. The van der Waals surface area contributed by atoms with E-state index in [9.17, 15) is 15.2 Å². The summed E-state index contributed by atoms with van der Waals surface area (Å²) in [4.78, 5) is 10.4. The van der Waals surface area contributed by atoms with E-state index >= 15 is 0 Å². The molecule has 110 valence electrons. The molecule has 2 aromatic rings. The van der Waals surface area contributed by atoms with Crippen LogP contribution in [-0.4, -0.2) is 10.0 Å². The first-order valence-electron chi connectivity index (χ1n) is 5.73. The van der Waals surface area contributed by atoms with E-state index in [1.54, 1.807) is 12.1 Å². The van der Waals surface area contributed by atoms with Crippen LogP contribution < -0.4 is 5.32 Å². The Labute approximate surface area is 138 Å². The molecule has 0 aliphatic heterocycles. The van der Waals surface area contributed by atoms with Gasteiger partial charge in [-0.3, -0.25) is 10.1 Å². The number of nitrogens with one attached hydrogen (secondary N) is 1. The van der Waals surface area contributed by atoms with Gasteiger partial charge in [0.05, 0.1) is 19.4 Å². The molecule has 2 rings (SSSR count). The molecule has 0 saturated heterocycles. The van der Waals surface area contributed by atoms with Gasteiger partial charge >= 0.3 is 0 Å². The second kappa shape index (κ2) is 6.51. The molecule has 2 N–H and O–H groups in total. The van der Waals surface area contributed by atoms with Crippen LogP contribution in [0.3, 0.4) is 0 Å². The maximum absolute atomic E-state index is 10.9. The highest BCUT2D eigenvalue weighted by Crippen LogP contribution is 2.35. The minimum atomic E-state index is -0.456. The number of anilines is 1. The van der Waals surface area contributed by atoms with Gasteiger partial charge in [0.2, 0.25) is 0 Å². The molecule has 21 heavy (non-hydrogen) atoms. The lowest BCUT2D eigenvalue weighted by Crippen LogP contribution is -2.00. The zero-order valence-electron chi connectivity index (χ0n) is 10.4. The summed E-state index contributed by atoms with van der Waals surface area (Å²) in [7, 11) is 0. The fourth-order valence-corrected chi connectivity index (χ4v) is 2.56. The highest BCUT2D eigenvalue weighted by atomic mass is 79.9. The standard InChI is InChI=1S/C13H9BrCl2N2O3/c14-9-2-1-7(3-12(9)18(20)21)6-17-8-4-10(15)13(19)11(16)5-8/h1-5,17,19H,6H2. The van der Waals surface area contributed by atoms with E-state index in [2.05, 4.69) is 21.2 Å². The molecule has 0 heterocycles. The van der Waals surface area contributed by atoms with E-state index in [4.69, 9.17) is 23.2 Å². The lowest BCUT2D eigenvalue weighted by Gasteiger charge is -2.09. The van der Waals surface area contributed by atoms with Crippen molar-refractivity contribution in [2.24, 2.45) is 0 Å². The third-order valence-corrected chi connectivity index (χ3v) is 3.97. The SMILES string of the molecule is O=[N+]([O-])c1cc(CNc2cc(Cl)c(O)c(Cl)c2)ccc1Br. The van der Waals surface area contributed by atoms with Gasteiger partial charge in [-0.05, 0) is 39.7 Å². The number of nitro benzene ring substituents is 1. The minimum Gasteiger partial charge on any atom is -0.505 e. The molecule has 0 unspecified atom stereocenters. The molecule has 0 saturated carbocycles. The number of nitro groups is 1. The zero-order chi connectivity index (χ0) is 15.6. The predicted molar refractivity (Wildman–Crippen MR) is 86.2 cm³/mol. The number of nitrogens with zero attached hydrogens (tertiary/aromatic N) is 1. The normalized spacial score (nSPS) is 10.4. The van der Waals surface area contributed by atoms with Gasteiger partial charge in [0.25, 0.3) is 5.69 Å². The molecular formula is C13H9BrCl2N2O3. The van der Waals surface area contributed by atoms with Crippen LogP contribution in [0.4, 0.5) is 11.4 Å². The molecule has 0 fully saturated rings. The lowest BCUT2D eigenvalue weighted by molar-refractivity contribution is -0.385. The first-order chi connectivity index (χ1) is 9.88. The van der Waals surface area contributed by atoms with Gasteiger partial charge in [-0.1, -0.05) is 29.3 Å². The van der Waals surface area contributed by atoms with Crippen LogP contribution >= 0.6 is 39.1 Å². The Morgan fingerprint density at radius 3 is 2.43 bits per heavy atom. The smallest absolute Gasteiger partial charge is 0.283 e. The van der Waals surface area contributed by atoms with E-state index in [1.165, 1.54) is 18.2 Å². The van der Waals surface area contributed by atoms with Crippen molar-refractivity contribution in [3.63, 3.8) is 0 Å². The first-order valence-corrected chi connectivity index (χ1v) is 7.28. The van der Waals surface area contributed by atoms with Gasteiger partial charge in [-0.2, -0.15) is 0 Å². The monoisotopic (exact) mass is 390 g/mol. The summed E-state index contributed by atoms with van der Waals surface area (Å²) in [5, 5.41) is 23.6. The summed E-state index contributed by atoms with van der Waals surface area (Å²) in [5.41, 5.74) is 1.33. The maximum atomic E-state index is 10.9. The van der Waals surface area contributed by atoms with Crippen molar-refractivity contribution in [3.8, 4) is 5.75 Å². The minimum absolute atomic E-state index is 0.00364. The number of rotatable bonds is 4. The molecule has 0 aliphatic rings. The Morgan fingerprint density at radius 1 is 1.24 bits per heavy atom. The van der Waals surface area contributed by atoms with Crippen molar-refractivity contribution in [1.29, 1.82) is 0 Å². The number of benzene rings is 2. The summed E-state index contributed by atoms with van der Waals surface area (Å²) in [6.45, 7) is 0.353. The van der Waals surface area contributed by atoms with E-state index in [1.807, 2.05) is 0 Å². The number of aromatic hydroxyl groups is 1. The van der Waals surface area contributed by atoms with Gasteiger partial charge in [0.1, 0.15) is 0 Å². The third kappa shape index (κ3) is 3.78. The second-order valence-corrected chi connectivity index (χ2v) is 5.85. The Hall–Kier alpha value is -1.50. The number of phenols is 1. The molecule has 0 atom stereocenters. The van der Waals surface area contributed by atoms with Crippen molar-refractivity contribution in [2.45, 2.75) is 6.54 Å². The van der Waals surface area contributed by atoms with Crippen LogP contribution in [0.25, 0.3) is 0 Å². The molecule has 0 aliphatic carbocycles. The molecule has 8 heteroatoms. The van der Waals surface area contributed by atoms with E-state index in [-0.39, 0.29) is 21.5 Å². The Morgan fingerprint density at radius 2 is 1.86 bits per heavy atom. The van der Waals surface area contributed by atoms with Gasteiger partial charge in [-0.15, -0.1) is 0 Å². The van der Waals surface area contributed by atoms with Crippen molar-refractivity contribution < 1.29 is 10.0 Å². The summed E-state index contributed by atoms with van der Waals surface area (Å²) >= 11 is 14.8. The van der Waals surface area contributed by atoms with Gasteiger partial charge in [-0.25, -0.2) is 0 Å².